The van der Waals surface area contributed by atoms with Crippen LogP contribution in [0.2, 0.25) is 0 Å². The summed E-state index contributed by atoms with van der Waals surface area (Å²) in [6.07, 6.45) is 3.29. The number of hydrogen-bond donors (Lipinski definition) is 1. The number of nitriles is 1. The molecule has 2 aromatic carbocycles. The van der Waals surface area contributed by atoms with E-state index in [1.54, 1.807) is 16.8 Å². The van der Waals surface area contributed by atoms with Crippen LogP contribution in [-0.2, 0) is 20.9 Å². The fourth-order valence-electron chi connectivity index (χ4n) is 3.13. The zero-order valence-corrected chi connectivity index (χ0v) is 16.3. The number of carbonyl (C=O) groups is 2. The van der Waals surface area contributed by atoms with Crippen molar-refractivity contribution in [2.24, 2.45) is 0 Å². The average molecular weight is 387 g/mol. The number of benzene rings is 2. The average Bonchev–Trinajstić information content (AvgIpc) is 3.09. The molecule has 146 valence electrons. The number of carbonyl (C=O) groups excluding carboxylic acids is 2. The molecule has 1 amide bonds. The first kappa shape index (κ1) is 19.9. The van der Waals surface area contributed by atoms with Crippen molar-refractivity contribution in [3.63, 3.8) is 0 Å². The molecule has 0 fully saturated rings. The zero-order valence-electron chi connectivity index (χ0n) is 16.3. The van der Waals surface area contributed by atoms with E-state index < -0.39 is 5.91 Å². The number of ether oxygens (including phenoxy) is 1. The van der Waals surface area contributed by atoms with Crippen LogP contribution in [0.1, 0.15) is 24.1 Å². The van der Waals surface area contributed by atoms with Crippen molar-refractivity contribution in [1.82, 2.24) is 9.88 Å². The number of esters is 1. The van der Waals surface area contributed by atoms with Gasteiger partial charge in [0.2, 0.25) is 0 Å². The summed E-state index contributed by atoms with van der Waals surface area (Å²) >= 11 is 0. The van der Waals surface area contributed by atoms with Crippen molar-refractivity contribution in [1.29, 1.82) is 5.26 Å². The fourth-order valence-corrected chi connectivity index (χ4v) is 3.13. The lowest BCUT2D eigenvalue weighted by Gasteiger charge is -2.13. The molecule has 0 bridgehead atoms. The Morgan fingerprint density at radius 1 is 1.17 bits per heavy atom. The van der Waals surface area contributed by atoms with Crippen molar-refractivity contribution >= 4 is 28.9 Å². The molecule has 1 aromatic heterocycles. The monoisotopic (exact) mass is 387 g/mol. The second kappa shape index (κ2) is 8.89. The van der Waals surface area contributed by atoms with Crippen LogP contribution in [0.3, 0.4) is 0 Å². The van der Waals surface area contributed by atoms with Crippen molar-refractivity contribution in [3.05, 3.63) is 77.5 Å². The molecule has 0 radical (unpaired) electrons. The summed E-state index contributed by atoms with van der Waals surface area (Å²) in [6.45, 7) is 1.91. The van der Waals surface area contributed by atoms with Gasteiger partial charge in [-0.15, -0.1) is 0 Å². The number of methoxy groups -OCH3 is 1. The third-order valence-electron chi connectivity index (χ3n) is 4.66. The fraction of sp³-hybridized carbons (Fsp3) is 0.174. The lowest BCUT2D eigenvalue weighted by atomic mass is 10.1. The van der Waals surface area contributed by atoms with Crippen LogP contribution in [0.15, 0.2) is 66.4 Å². The molecule has 0 aliphatic rings. The molecule has 6 nitrogen and oxygen atoms in total. The predicted octanol–water partition coefficient (Wildman–Crippen LogP) is 3.60. The van der Waals surface area contributed by atoms with E-state index in [0.717, 1.165) is 16.5 Å². The van der Waals surface area contributed by atoms with Gasteiger partial charge in [0.15, 0.2) is 0 Å². The van der Waals surface area contributed by atoms with Gasteiger partial charge in [-0.05, 0) is 24.6 Å². The maximum absolute atomic E-state index is 12.6. The third-order valence-corrected chi connectivity index (χ3v) is 4.66. The Morgan fingerprint density at radius 3 is 2.55 bits per heavy atom. The van der Waals surface area contributed by atoms with Crippen LogP contribution >= 0.6 is 0 Å². The molecule has 3 rings (SSSR count). The number of amides is 1. The van der Waals surface area contributed by atoms with Crippen LogP contribution in [0.4, 0.5) is 0 Å². The highest BCUT2D eigenvalue weighted by Gasteiger charge is 2.16. The number of fused-ring (bicyclic) bond motifs is 1. The van der Waals surface area contributed by atoms with Gasteiger partial charge in [0.1, 0.15) is 18.2 Å². The Balaban J connectivity index is 1.91. The maximum atomic E-state index is 12.6. The minimum absolute atomic E-state index is 0.00578. The first-order valence-corrected chi connectivity index (χ1v) is 9.15. The third kappa shape index (κ3) is 4.53. The first-order chi connectivity index (χ1) is 14.0. The van der Waals surface area contributed by atoms with Crippen LogP contribution in [0.5, 0.6) is 0 Å². The topological polar surface area (TPSA) is 84.1 Å². The molecule has 0 aliphatic heterocycles. The van der Waals surface area contributed by atoms with Crippen LogP contribution < -0.4 is 5.32 Å². The van der Waals surface area contributed by atoms with Gasteiger partial charge in [0.25, 0.3) is 5.91 Å². The van der Waals surface area contributed by atoms with E-state index in [1.807, 2.05) is 67.6 Å². The van der Waals surface area contributed by atoms with Crippen molar-refractivity contribution < 1.29 is 14.3 Å². The minimum atomic E-state index is -0.450. The van der Waals surface area contributed by atoms with Gasteiger partial charge in [-0.3, -0.25) is 9.59 Å². The minimum Gasteiger partial charge on any atom is -0.468 e. The second-order valence-electron chi connectivity index (χ2n) is 6.58. The van der Waals surface area contributed by atoms with Gasteiger partial charge in [-0.25, -0.2) is 0 Å². The van der Waals surface area contributed by atoms with Gasteiger partial charge in [-0.1, -0.05) is 48.5 Å². The molecule has 1 heterocycles. The van der Waals surface area contributed by atoms with Crippen LogP contribution in [-0.4, -0.2) is 23.6 Å². The molecule has 29 heavy (non-hydrogen) atoms. The smallest absolute Gasteiger partial charge is 0.325 e. The molecule has 0 aliphatic carbocycles. The summed E-state index contributed by atoms with van der Waals surface area (Å²) in [5, 5.41) is 13.2. The molecule has 0 spiro atoms. The van der Waals surface area contributed by atoms with E-state index >= 15 is 0 Å². The van der Waals surface area contributed by atoms with Crippen molar-refractivity contribution in [2.75, 3.05) is 7.11 Å². The summed E-state index contributed by atoms with van der Waals surface area (Å²) in [4.78, 5) is 24.3. The molecule has 0 saturated carbocycles. The number of hydrogen-bond acceptors (Lipinski definition) is 4. The predicted molar refractivity (Wildman–Crippen MR) is 111 cm³/mol. The highest BCUT2D eigenvalue weighted by atomic mass is 16.5. The Morgan fingerprint density at radius 2 is 1.86 bits per heavy atom. The molecule has 1 N–H and O–H groups in total. The van der Waals surface area contributed by atoms with E-state index in [4.69, 9.17) is 4.74 Å². The number of rotatable bonds is 6. The van der Waals surface area contributed by atoms with Gasteiger partial charge in [0.05, 0.1) is 13.2 Å². The van der Waals surface area contributed by atoms with Crippen LogP contribution in [0, 0.1) is 11.3 Å². The van der Waals surface area contributed by atoms with Crippen LogP contribution in [0.25, 0.3) is 17.0 Å². The van der Waals surface area contributed by atoms with Gasteiger partial charge < -0.3 is 14.6 Å². The largest absolute Gasteiger partial charge is 0.468 e. The normalized spacial score (nSPS) is 12.2. The van der Waals surface area contributed by atoms with E-state index in [1.165, 1.54) is 7.11 Å². The highest BCUT2D eigenvalue weighted by Crippen LogP contribution is 2.24. The highest BCUT2D eigenvalue weighted by molar-refractivity contribution is 6.04. The summed E-state index contributed by atoms with van der Waals surface area (Å²) < 4.78 is 6.49. The summed E-state index contributed by atoms with van der Waals surface area (Å²) in [7, 11) is 1.33. The zero-order chi connectivity index (χ0) is 20.8. The summed E-state index contributed by atoms with van der Waals surface area (Å²) in [5.41, 5.74) is 2.45. The quantitative estimate of drug-likeness (QED) is 0.398. The van der Waals surface area contributed by atoms with Crippen molar-refractivity contribution in [2.45, 2.75) is 19.5 Å². The summed E-state index contributed by atoms with van der Waals surface area (Å²) in [6, 6.07) is 18.8. The maximum Gasteiger partial charge on any atom is 0.325 e. The molecule has 0 saturated heterocycles. The number of nitrogens with zero attached hydrogens (tertiary/aromatic N) is 2. The van der Waals surface area contributed by atoms with E-state index in [9.17, 15) is 14.9 Å². The van der Waals surface area contributed by atoms with Gasteiger partial charge in [0, 0.05) is 22.7 Å². The number of nitrogens with one attached hydrogen (secondary N) is 1. The molecular weight excluding hydrogens is 366 g/mol. The second-order valence-corrected chi connectivity index (χ2v) is 6.58. The lowest BCUT2D eigenvalue weighted by Crippen LogP contribution is -2.27. The molecular formula is C23H21N3O3. The number of para-hydroxylation sites is 1. The number of aromatic nitrogens is 1. The molecule has 6 heteroatoms. The van der Waals surface area contributed by atoms with E-state index in [0.29, 0.717) is 5.56 Å². The standard InChI is InChI=1S/C23H21N3O3/c1-16(17-8-4-3-5-9-17)25-23(28)18(13-24)12-19-14-26(15-22(27)29-2)21-11-7-6-10-20(19)21/h3-12,14,16H,15H2,1-2H3,(H,25,28)/b18-12-/t16-/m1/s1. The Hall–Kier alpha value is -3.85. The van der Waals surface area contributed by atoms with Gasteiger partial charge >= 0.3 is 5.97 Å². The molecule has 0 unspecified atom stereocenters. The Kier molecular flexibility index (Phi) is 6.10. The lowest BCUT2D eigenvalue weighted by molar-refractivity contribution is -0.141. The van der Waals surface area contributed by atoms with Gasteiger partial charge in [-0.2, -0.15) is 5.26 Å². The summed E-state index contributed by atoms with van der Waals surface area (Å²) in [5.74, 6) is -0.829. The first-order valence-electron chi connectivity index (χ1n) is 9.15. The Bertz CT molecular complexity index is 1110. The SMILES string of the molecule is COC(=O)Cn1cc(/C=C(/C#N)C(=O)N[C@H](C)c2ccccc2)c2ccccc21. The van der Waals surface area contributed by atoms with E-state index in [2.05, 4.69) is 5.32 Å². The van der Waals surface area contributed by atoms with Crippen molar-refractivity contribution in [3.8, 4) is 6.07 Å². The Labute approximate surface area is 169 Å². The molecule has 1 atom stereocenters. The van der Waals surface area contributed by atoms with E-state index in [-0.39, 0.29) is 24.1 Å². The molecule has 3 aromatic rings.